The molecule has 3 nitrogen and oxygen atoms in total. The van der Waals surface area contributed by atoms with Crippen LogP contribution in [0.1, 0.15) is 37.5 Å². The number of rotatable bonds is 3. The molecule has 0 N–H and O–H groups in total. The summed E-state index contributed by atoms with van der Waals surface area (Å²) in [6.45, 7) is 5.46. The van der Waals surface area contributed by atoms with Gasteiger partial charge in [-0.2, -0.15) is 5.26 Å². The van der Waals surface area contributed by atoms with Crippen molar-refractivity contribution in [2.24, 2.45) is 4.40 Å². The zero-order valence-corrected chi connectivity index (χ0v) is 15.9. The average molecular weight is 407 g/mol. The van der Waals surface area contributed by atoms with Crippen molar-refractivity contribution in [3.05, 3.63) is 69.4 Å². The van der Waals surface area contributed by atoms with Gasteiger partial charge in [-0.3, -0.25) is 0 Å². The van der Waals surface area contributed by atoms with E-state index in [1.54, 1.807) is 36.4 Å². The average Bonchev–Trinajstić information content (AvgIpc) is 2.54. The van der Waals surface area contributed by atoms with Gasteiger partial charge >= 0.3 is 0 Å². The van der Waals surface area contributed by atoms with E-state index in [0.717, 1.165) is 0 Å². The highest BCUT2D eigenvalue weighted by Crippen LogP contribution is 2.24. The fourth-order valence-corrected chi connectivity index (χ4v) is 2.93. The molecular weight excluding hydrogens is 391 g/mol. The maximum atomic E-state index is 13.6. The van der Waals surface area contributed by atoms with Gasteiger partial charge in [0.15, 0.2) is 0 Å². The van der Waals surface area contributed by atoms with Crippen LogP contribution in [0.15, 0.2) is 51.3 Å². The largest absolute Gasteiger partial charge is 0.591 e. The van der Waals surface area contributed by atoms with Crippen molar-refractivity contribution in [2.45, 2.75) is 25.5 Å². The van der Waals surface area contributed by atoms with Gasteiger partial charge in [-0.15, -0.1) is 0 Å². The first-order valence-electron chi connectivity index (χ1n) is 7.19. The minimum absolute atomic E-state index is 0.281. The van der Waals surface area contributed by atoms with Crippen molar-refractivity contribution in [3.8, 4) is 6.07 Å². The molecule has 0 saturated heterocycles. The molecule has 0 aliphatic carbocycles. The lowest BCUT2D eigenvalue weighted by atomic mass is 9.98. The lowest BCUT2D eigenvalue weighted by Crippen LogP contribution is -2.27. The van der Waals surface area contributed by atoms with E-state index in [2.05, 4.69) is 26.4 Å². The zero-order valence-electron chi connectivity index (χ0n) is 13.5. The van der Waals surface area contributed by atoms with Crippen LogP contribution in [0.3, 0.4) is 0 Å². The monoisotopic (exact) mass is 406 g/mol. The molecule has 1 unspecified atom stereocenters. The predicted octanol–water partition coefficient (Wildman–Crippen LogP) is 4.76. The van der Waals surface area contributed by atoms with E-state index in [0.29, 0.717) is 22.4 Å². The topological polar surface area (TPSA) is 59.2 Å². The summed E-state index contributed by atoms with van der Waals surface area (Å²) >= 11 is 1.64. The Morgan fingerprint density at radius 1 is 1.25 bits per heavy atom. The van der Waals surface area contributed by atoms with Gasteiger partial charge in [-0.25, -0.2) is 4.39 Å². The van der Waals surface area contributed by atoms with Crippen molar-refractivity contribution in [1.29, 1.82) is 5.26 Å². The SMILES string of the molecule is CC(C)(C)[S+]([O-])/N=C(\c1ccc(F)c(Br)c1)c1ccccc1C#N. The van der Waals surface area contributed by atoms with E-state index in [-0.39, 0.29) is 4.47 Å². The van der Waals surface area contributed by atoms with Gasteiger partial charge in [0.05, 0.1) is 16.1 Å². The molecule has 0 bridgehead atoms. The molecular formula is C18H16BrFN2OS. The number of nitriles is 1. The first kappa shape index (κ1) is 18.7. The van der Waals surface area contributed by atoms with Crippen LogP contribution in [0.25, 0.3) is 0 Å². The summed E-state index contributed by atoms with van der Waals surface area (Å²) in [4.78, 5) is 0. The maximum Gasteiger partial charge on any atom is 0.144 e. The van der Waals surface area contributed by atoms with Crippen LogP contribution >= 0.6 is 15.9 Å². The van der Waals surface area contributed by atoms with Gasteiger partial charge in [0.2, 0.25) is 0 Å². The van der Waals surface area contributed by atoms with Crippen LogP contribution in [-0.2, 0) is 11.4 Å². The molecule has 0 saturated carbocycles. The summed E-state index contributed by atoms with van der Waals surface area (Å²) in [6, 6.07) is 13.5. The Balaban J connectivity index is 2.68. The quantitative estimate of drug-likeness (QED) is 0.544. The first-order valence-corrected chi connectivity index (χ1v) is 9.09. The van der Waals surface area contributed by atoms with E-state index in [4.69, 9.17) is 0 Å². The van der Waals surface area contributed by atoms with Crippen LogP contribution in [0.4, 0.5) is 4.39 Å². The number of nitrogens with zero attached hydrogens (tertiary/aromatic N) is 2. The van der Waals surface area contributed by atoms with Crippen molar-refractivity contribution in [1.82, 2.24) is 0 Å². The highest BCUT2D eigenvalue weighted by atomic mass is 79.9. The lowest BCUT2D eigenvalue weighted by molar-refractivity contribution is 0.561. The smallest absolute Gasteiger partial charge is 0.144 e. The normalized spacial score (nSPS) is 13.5. The Kier molecular flexibility index (Phi) is 5.81. The molecule has 0 aliphatic rings. The molecule has 0 fully saturated rings. The molecule has 0 heterocycles. The number of hydrogen-bond acceptors (Lipinski definition) is 3. The Bertz CT molecular complexity index is 824. The highest BCUT2D eigenvalue weighted by Gasteiger charge is 2.28. The van der Waals surface area contributed by atoms with Crippen LogP contribution in [0.2, 0.25) is 0 Å². The Labute approximate surface area is 152 Å². The molecule has 0 aliphatic heterocycles. The predicted molar refractivity (Wildman–Crippen MR) is 98.8 cm³/mol. The molecule has 2 aromatic rings. The zero-order chi connectivity index (χ0) is 17.9. The molecule has 0 amide bonds. The summed E-state index contributed by atoms with van der Waals surface area (Å²) in [5.74, 6) is -0.399. The summed E-state index contributed by atoms with van der Waals surface area (Å²) in [5, 5.41) is 9.36. The minimum Gasteiger partial charge on any atom is -0.591 e. The fraction of sp³-hybridized carbons (Fsp3) is 0.222. The van der Waals surface area contributed by atoms with E-state index in [1.807, 2.05) is 20.8 Å². The van der Waals surface area contributed by atoms with Crippen molar-refractivity contribution in [3.63, 3.8) is 0 Å². The van der Waals surface area contributed by atoms with Gasteiger partial charge in [-0.05, 0) is 61.0 Å². The van der Waals surface area contributed by atoms with Crippen molar-refractivity contribution < 1.29 is 8.94 Å². The Morgan fingerprint density at radius 2 is 1.92 bits per heavy atom. The van der Waals surface area contributed by atoms with Gasteiger partial charge in [0, 0.05) is 11.1 Å². The van der Waals surface area contributed by atoms with E-state index in [1.165, 1.54) is 6.07 Å². The lowest BCUT2D eigenvalue weighted by Gasteiger charge is -2.20. The third-order valence-electron chi connectivity index (χ3n) is 3.19. The summed E-state index contributed by atoms with van der Waals surface area (Å²) in [6.07, 6.45) is 0. The molecule has 24 heavy (non-hydrogen) atoms. The molecule has 1 atom stereocenters. The maximum absolute atomic E-state index is 13.6. The van der Waals surface area contributed by atoms with Gasteiger partial charge in [0.25, 0.3) is 0 Å². The van der Waals surface area contributed by atoms with Crippen LogP contribution in [0.5, 0.6) is 0 Å². The van der Waals surface area contributed by atoms with Gasteiger partial charge in [-0.1, -0.05) is 22.6 Å². The molecule has 0 radical (unpaired) electrons. The van der Waals surface area contributed by atoms with Crippen molar-refractivity contribution >= 4 is 33.0 Å². The van der Waals surface area contributed by atoms with Crippen LogP contribution in [0, 0.1) is 17.1 Å². The Morgan fingerprint density at radius 3 is 2.50 bits per heavy atom. The molecule has 2 rings (SSSR count). The standard InChI is InChI=1S/C18H16BrFN2OS/c1-18(2,3)24(23)22-17(12-8-9-16(20)15(19)10-12)14-7-5-4-6-13(14)11-21/h4-10H,1-3H3/b22-17+. The number of benzene rings is 2. The molecule has 6 heteroatoms. The second kappa shape index (κ2) is 7.47. The Hall–Kier alpha value is -1.68. The second-order valence-electron chi connectivity index (χ2n) is 6.09. The van der Waals surface area contributed by atoms with Crippen LogP contribution < -0.4 is 0 Å². The number of halogens is 2. The molecule has 0 spiro atoms. The second-order valence-corrected chi connectivity index (χ2v) is 8.85. The van der Waals surface area contributed by atoms with Crippen molar-refractivity contribution in [2.75, 3.05) is 0 Å². The van der Waals surface area contributed by atoms with Crippen LogP contribution in [-0.4, -0.2) is 15.0 Å². The van der Waals surface area contributed by atoms with Gasteiger partial charge < -0.3 is 4.55 Å². The molecule has 124 valence electrons. The summed E-state index contributed by atoms with van der Waals surface area (Å²) < 4.78 is 30.2. The molecule has 2 aromatic carbocycles. The summed E-state index contributed by atoms with van der Waals surface area (Å²) in [5.41, 5.74) is 1.98. The van der Waals surface area contributed by atoms with E-state index in [9.17, 15) is 14.2 Å². The van der Waals surface area contributed by atoms with E-state index < -0.39 is 21.9 Å². The van der Waals surface area contributed by atoms with E-state index >= 15 is 0 Å². The highest BCUT2D eigenvalue weighted by molar-refractivity contribution is 9.10. The summed E-state index contributed by atoms with van der Waals surface area (Å²) in [7, 11) is 0. The third-order valence-corrected chi connectivity index (χ3v) is 5.20. The molecule has 0 aromatic heterocycles. The van der Waals surface area contributed by atoms with Gasteiger partial charge in [0.1, 0.15) is 27.6 Å². The number of hydrogen-bond donors (Lipinski definition) is 0. The minimum atomic E-state index is -1.52. The third kappa shape index (κ3) is 4.23. The first-order chi connectivity index (χ1) is 11.2. The fourth-order valence-electron chi connectivity index (χ4n) is 1.91.